The fourth-order valence-electron chi connectivity index (χ4n) is 3.67. The molecule has 0 spiro atoms. The molecule has 1 fully saturated rings. The van der Waals surface area contributed by atoms with Crippen molar-refractivity contribution in [2.45, 2.75) is 43.5 Å². The first-order valence-corrected chi connectivity index (χ1v) is 9.25. The van der Waals surface area contributed by atoms with Gasteiger partial charge in [-0.15, -0.1) is 0 Å². The number of aliphatic hydroxyl groups is 1. The number of hydrogen-bond donors (Lipinski definition) is 2. The second-order valence-electron chi connectivity index (χ2n) is 7.00. The summed E-state index contributed by atoms with van der Waals surface area (Å²) in [6, 6.07) is 4.48. The minimum Gasteiger partial charge on any atom is -0.392 e. The number of carbonyl (C=O) groups excluding carboxylic acids is 1. The molecule has 1 aliphatic carbocycles. The average Bonchev–Trinajstić information content (AvgIpc) is 2.63. The van der Waals surface area contributed by atoms with Crippen molar-refractivity contribution in [3.8, 4) is 0 Å². The average molecular weight is 434 g/mol. The van der Waals surface area contributed by atoms with Crippen LogP contribution in [0, 0.1) is 11.6 Å². The highest BCUT2D eigenvalue weighted by atomic mass is 35.5. The first-order chi connectivity index (χ1) is 13.6. The molecule has 3 atom stereocenters. The molecule has 3 unspecified atom stereocenters. The predicted molar refractivity (Wildman–Crippen MR) is 96.7 cm³/mol. The summed E-state index contributed by atoms with van der Waals surface area (Å²) in [7, 11) is 0. The summed E-state index contributed by atoms with van der Waals surface area (Å²) in [5.41, 5.74) is -1.49. The van der Waals surface area contributed by atoms with Gasteiger partial charge in [0, 0.05) is 22.5 Å². The van der Waals surface area contributed by atoms with E-state index in [-0.39, 0.29) is 5.02 Å². The molecule has 1 amide bonds. The molecule has 3 rings (SSSR count). The molecule has 2 aromatic rings. The lowest BCUT2D eigenvalue weighted by molar-refractivity contribution is -0.137. The van der Waals surface area contributed by atoms with E-state index in [0.717, 1.165) is 12.1 Å². The summed E-state index contributed by atoms with van der Waals surface area (Å²) < 4.78 is 66.0. The lowest BCUT2D eigenvalue weighted by atomic mass is 9.77. The third kappa shape index (κ3) is 4.87. The van der Waals surface area contributed by atoms with Crippen molar-refractivity contribution in [3.63, 3.8) is 0 Å². The van der Waals surface area contributed by atoms with Crippen LogP contribution < -0.4 is 5.32 Å². The summed E-state index contributed by atoms with van der Waals surface area (Å²) in [5, 5.41) is 13.2. The van der Waals surface area contributed by atoms with Crippen LogP contribution in [-0.2, 0) is 6.18 Å². The van der Waals surface area contributed by atoms with E-state index in [1.165, 1.54) is 6.07 Å². The third-order valence-corrected chi connectivity index (χ3v) is 5.33. The van der Waals surface area contributed by atoms with E-state index in [0.29, 0.717) is 43.0 Å². The van der Waals surface area contributed by atoms with Crippen molar-refractivity contribution in [2.75, 3.05) is 0 Å². The number of aliphatic hydroxyl groups excluding tert-OH is 1. The van der Waals surface area contributed by atoms with Gasteiger partial charge in [-0.25, -0.2) is 8.78 Å². The molecule has 29 heavy (non-hydrogen) atoms. The standard InChI is InChI=1S/C20H17ClF5NO2/c21-15-5-4-12(22)9-14(15)18-16(2-1-3-17(18)28)27-19(29)10-6-11(20(24,25)26)8-13(23)7-10/h4-9,16-18,28H,1-3H2,(H,27,29). The Bertz CT molecular complexity index is 918. The van der Waals surface area contributed by atoms with Crippen LogP contribution in [0.5, 0.6) is 0 Å². The Labute approximate surface area is 168 Å². The van der Waals surface area contributed by atoms with Crippen LogP contribution in [-0.4, -0.2) is 23.2 Å². The second kappa shape index (κ2) is 8.28. The normalized spacial score (nSPS) is 22.4. The van der Waals surface area contributed by atoms with Crippen LogP contribution >= 0.6 is 11.6 Å². The molecule has 2 aromatic carbocycles. The minimum absolute atomic E-state index is 0.196. The molecule has 2 N–H and O–H groups in total. The Morgan fingerprint density at radius 2 is 1.79 bits per heavy atom. The first kappa shape index (κ1) is 21.5. The maximum Gasteiger partial charge on any atom is 0.416 e. The van der Waals surface area contributed by atoms with E-state index in [1.54, 1.807) is 0 Å². The van der Waals surface area contributed by atoms with Crippen molar-refractivity contribution >= 4 is 17.5 Å². The van der Waals surface area contributed by atoms with Gasteiger partial charge in [-0.1, -0.05) is 11.6 Å². The molecule has 1 aliphatic rings. The molecule has 9 heteroatoms. The van der Waals surface area contributed by atoms with Gasteiger partial charge in [-0.05, 0) is 61.2 Å². The largest absolute Gasteiger partial charge is 0.416 e. The van der Waals surface area contributed by atoms with Gasteiger partial charge in [0.05, 0.1) is 11.7 Å². The fourth-order valence-corrected chi connectivity index (χ4v) is 3.91. The number of alkyl halides is 3. The van der Waals surface area contributed by atoms with E-state index in [2.05, 4.69) is 5.32 Å². The fraction of sp³-hybridized carbons (Fsp3) is 0.350. The van der Waals surface area contributed by atoms with Crippen LogP contribution in [0.15, 0.2) is 36.4 Å². The predicted octanol–water partition coefficient (Wildman–Crippen LogP) is 5.06. The topological polar surface area (TPSA) is 49.3 Å². The Morgan fingerprint density at radius 1 is 1.07 bits per heavy atom. The summed E-state index contributed by atoms with van der Waals surface area (Å²) >= 11 is 6.14. The van der Waals surface area contributed by atoms with Crippen LogP contribution in [0.25, 0.3) is 0 Å². The van der Waals surface area contributed by atoms with E-state index < -0.39 is 52.9 Å². The zero-order chi connectivity index (χ0) is 21.3. The van der Waals surface area contributed by atoms with E-state index in [1.807, 2.05) is 0 Å². The van der Waals surface area contributed by atoms with Crippen molar-refractivity contribution in [3.05, 3.63) is 69.7 Å². The Kier molecular flexibility index (Phi) is 6.14. The Morgan fingerprint density at radius 3 is 2.48 bits per heavy atom. The molecule has 1 saturated carbocycles. The Balaban J connectivity index is 1.90. The molecule has 0 heterocycles. The van der Waals surface area contributed by atoms with Crippen molar-refractivity contribution < 1.29 is 31.9 Å². The van der Waals surface area contributed by atoms with E-state index >= 15 is 0 Å². The SMILES string of the molecule is O=C(NC1CCCC(O)C1c1cc(F)ccc1Cl)c1cc(F)cc(C(F)(F)F)c1. The van der Waals surface area contributed by atoms with Crippen molar-refractivity contribution in [1.29, 1.82) is 0 Å². The monoisotopic (exact) mass is 433 g/mol. The number of carbonyl (C=O) groups is 1. The van der Waals surface area contributed by atoms with Gasteiger partial charge in [0.1, 0.15) is 11.6 Å². The summed E-state index contributed by atoms with van der Waals surface area (Å²) in [6.07, 6.45) is -4.43. The van der Waals surface area contributed by atoms with Crippen molar-refractivity contribution in [2.24, 2.45) is 0 Å². The lowest BCUT2D eigenvalue weighted by Crippen LogP contribution is -2.46. The van der Waals surface area contributed by atoms with Crippen LogP contribution in [0.1, 0.15) is 46.7 Å². The molecular formula is C20H17ClF5NO2. The van der Waals surface area contributed by atoms with E-state index in [4.69, 9.17) is 11.6 Å². The Hall–Kier alpha value is -2.19. The molecule has 0 bridgehead atoms. The molecule has 0 aliphatic heterocycles. The summed E-state index contributed by atoms with van der Waals surface area (Å²) in [6.45, 7) is 0. The second-order valence-corrected chi connectivity index (χ2v) is 7.40. The molecular weight excluding hydrogens is 417 g/mol. The summed E-state index contributed by atoms with van der Waals surface area (Å²) in [4.78, 5) is 12.5. The molecule has 156 valence electrons. The lowest BCUT2D eigenvalue weighted by Gasteiger charge is -2.36. The molecule has 0 aromatic heterocycles. The van der Waals surface area contributed by atoms with Gasteiger partial charge >= 0.3 is 6.18 Å². The van der Waals surface area contributed by atoms with Crippen LogP contribution in [0.3, 0.4) is 0 Å². The number of benzene rings is 2. The highest BCUT2D eigenvalue weighted by Crippen LogP contribution is 2.37. The van der Waals surface area contributed by atoms with Gasteiger partial charge in [0.15, 0.2) is 0 Å². The van der Waals surface area contributed by atoms with Gasteiger partial charge in [-0.3, -0.25) is 4.79 Å². The van der Waals surface area contributed by atoms with Crippen LogP contribution in [0.4, 0.5) is 22.0 Å². The number of rotatable bonds is 3. The number of hydrogen-bond acceptors (Lipinski definition) is 2. The quantitative estimate of drug-likeness (QED) is 0.664. The third-order valence-electron chi connectivity index (χ3n) is 4.98. The van der Waals surface area contributed by atoms with Gasteiger partial charge < -0.3 is 10.4 Å². The van der Waals surface area contributed by atoms with Gasteiger partial charge in [0.2, 0.25) is 0 Å². The van der Waals surface area contributed by atoms with Gasteiger partial charge in [-0.2, -0.15) is 13.2 Å². The molecule has 0 saturated heterocycles. The van der Waals surface area contributed by atoms with Crippen molar-refractivity contribution in [1.82, 2.24) is 5.32 Å². The maximum atomic E-state index is 13.7. The smallest absolute Gasteiger partial charge is 0.392 e. The van der Waals surface area contributed by atoms with E-state index in [9.17, 15) is 31.9 Å². The minimum atomic E-state index is -4.81. The molecule has 3 nitrogen and oxygen atoms in total. The van der Waals surface area contributed by atoms with Gasteiger partial charge in [0.25, 0.3) is 5.91 Å². The number of nitrogens with one attached hydrogen (secondary N) is 1. The zero-order valence-electron chi connectivity index (χ0n) is 14.9. The van der Waals surface area contributed by atoms with Crippen LogP contribution in [0.2, 0.25) is 5.02 Å². The maximum absolute atomic E-state index is 13.7. The summed E-state index contributed by atoms with van der Waals surface area (Å²) in [5.74, 6) is -3.45. The highest BCUT2D eigenvalue weighted by molar-refractivity contribution is 6.31. The zero-order valence-corrected chi connectivity index (χ0v) is 15.7. The first-order valence-electron chi connectivity index (χ1n) is 8.88. The molecule has 0 radical (unpaired) electrons. The number of amides is 1. The highest BCUT2D eigenvalue weighted by Gasteiger charge is 2.37. The number of halogens is 6.